The highest BCUT2D eigenvalue weighted by atomic mass is 32.1. The van der Waals surface area contributed by atoms with Gasteiger partial charge in [0.05, 0.1) is 12.7 Å². The Bertz CT molecular complexity index is 883. The van der Waals surface area contributed by atoms with E-state index < -0.39 is 29.8 Å². The van der Waals surface area contributed by atoms with E-state index in [0.29, 0.717) is 16.9 Å². The van der Waals surface area contributed by atoms with Gasteiger partial charge in [0.25, 0.3) is 0 Å². The predicted octanol–water partition coefficient (Wildman–Crippen LogP) is -0.209. The standard InChI is InChI=1S/C18H21N5O5S/c1-10(22-14(26)7-20-15-8-21-16(9-24)29-15)18(28)23-13(17(19)27)6-11-2-4-12(25)5-3-11/h2-5,8-10,13,20,25H,6-7H2,1H3,(H2,19,27)(H,22,26)(H,23,28)/t10-,13-/m0/s1. The zero-order valence-electron chi connectivity index (χ0n) is 15.5. The largest absolute Gasteiger partial charge is 0.508 e. The van der Waals surface area contributed by atoms with Crippen molar-refractivity contribution in [3.8, 4) is 5.75 Å². The van der Waals surface area contributed by atoms with Crippen LogP contribution in [0.3, 0.4) is 0 Å². The number of amides is 3. The molecule has 0 bridgehead atoms. The molecule has 0 aliphatic heterocycles. The van der Waals surface area contributed by atoms with E-state index in [1.165, 1.54) is 25.3 Å². The number of rotatable bonds is 10. The number of carbonyl (C=O) groups excluding carboxylic acids is 4. The van der Waals surface area contributed by atoms with Gasteiger partial charge in [0.2, 0.25) is 17.7 Å². The number of phenolic OH excluding ortho intramolecular Hbond substituents is 1. The number of hydrogen-bond donors (Lipinski definition) is 5. The monoisotopic (exact) mass is 419 g/mol. The molecule has 3 amide bonds. The second-order valence-corrected chi connectivity index (χ2v) is 7.22. The van der Waals surface area contributed by atoms with Crippen molar-refractivity contribution >= 4 is 40.3 Å². The average molecular weight is 419 g/mol. The zero-order valence-corrected chi connectivity index (χ0v) is 16.4. The summed E-state index contributed by atoms with van der Waals surface area (Å²) in [5.74, 6) is -1.66. The van der Waals surface area contributed by atoms with Crippen LogP contribution in [0.25, 0.3) is 0 Å². The van der Waals surface area contributed by atoms with E-state index in [-0.39, 0.29) is 23.7 Å². The molecule has 1 heterocycles. The molecule has 154 valence electrons. The lowest BCUT2D eigenvalue weighted by atomic mass is 10.0. The summed E-state index contributed by atoms with van der Waals surface area (Å²) in [5, 5.41) is 17.9. The van der Waals surface area contributed by atoms with E-state index in [1.807, 2.05) is 0 Å². The molecule has 0 aliphatic rings. The van der Waals surface area contributed by atoms with Gasteiger partial charge in [-0.2, -0.15) is 0 Å². The van der Waals surface area contributed by atoms with Crippen LogP contribution >= 0.6 is 11.3 Å². The van der Waals surface area contributed by atoms with Crippen LogP contribution in [0.2, 0.25) is 0 Å². The van der Waals surface area contributed by atoms with E-state index in [1.54, 1.807) is 12.1 Å². The van der Waals surface area contributed by atoms with Crippen molar-refractivity contribution in [2.75, 3.05) is 11.9 Å². The van der Waals surface area contributed by atoms with Gasteiger partial charge < -0.3 is 26.8 Å². The number of aromatic nitrogens is 1. The number of phenols is 1. The highest BCUT2D eigenvalue weighted by Crippen LogP contribution is 2.16. The molecule has 0 spiro atoms. The van der Waals surface area contributed by atoms with Crippen molar-refractivity contribution in [3.63, 3.8) is 0 Å². The van der Waals surface area contributed by atoms with Crippen LogP contribution < -0.4 is 21.7 Å². The van der Waals surface area contributed by atoms with Crippen molar-refractivity contribution in [1.82, 2.24) is 15.6 Å². The summed E-state index contributed by atoms with van der Waals surface area (Å²) in [6.07, 6.45) is 2.18. The normalized spacial score (nSPS) is 12.4. The third-order valence-electron chi connectivity index (χ3n) is 3.85. The van der Waals surface area contributed by atoms with Gasteiger partial charge in [-0.25, -0.2) is 4.98 Å². The maximum atomic E-state index is 12.3. The van der Waals surface area contributed by atoms with E-state index in [4.69, 9.17) is 5.73 Å². The molecule has 2 aromatic rings. The molecule has 0 unspecified atom stereocenters. The van der Waals surface area contributed by atoms with Gasteiger partial charge in [-0.05, 0) is 24.6 Å². The molecule has 0 aliphatic carbocycles. The maximum absolute atomic E-state index is 12.3. The van der Waals surface area contributed by atoms with Crippen LogP contribution in [0.15, 0.2) is 30.5 Å². The minimum atomic E-state index is -0.969. The maximum Gasteiger partial charge on any atom is 0.242 e. The number of carbonyl (C=O) groups is 4. The Kier molecular flexibility index (Phi) is 7.66. The third-order valence-corrected chi connectivity index (χ3v) is 4.73. The van der Waals surface area contributed by atoms with Gasteiger partial charge in [-0.1, -0.05) is 23.5 Å². The van der Waals surface area contributed by atoms with E-state index >= 15 is 0 Å². The van der Waals surface area contributed by atoms with Crippen molar-refractivity contribution in [2.24, 2.45) is 5.73 Å². The molecule has 2 atom stereocenters. The molecule has 0 saturated heterocycles. The fraction of sp³-hybridized carbons (Fsp3) is 0.278. The minimum absolute atomic E-state index is 0.0825. The smallest absolute Gasteiger partial charge is 0.242 e. The molecule has 10 nitrogen and oxygen atoms in total. The lowest BCUT2D eigenvalue weighted by Gasteiger charge is -2.19. The Morgan fingerprint density at radius 1 is 1.24 bits per heavy atom. The Hall–Kier alpha value is -3.47. The van der Waals surface area contributed by atoms with Crippen molar-refractivity contribution in [2.45, 2.75) is 25.4 Å². The van der Waals surface area contributed by atoms with Crippen LogP contribution in [-0.2, 0) is 20.8 Å². The molecule has 11 heteroatoms. The van der Waals surface area contributed by atoms with Crippen LogP contribution in [0.1, 0.15) is 22.3 Å². The van der Waals surface area contributed by atoms with Gasteiger partial charge in [-0.3, -0.25) is 19.2 Å². The number of anilines is 1. The van der Waals surface area contributed by atoms with Gasteiger partial charge in [0, 0.05) is 6.42 Å². The van der Waals surface area contributed by atoms with E-state index in [0.717, 1.165) is 11.3 Å². The number of nitrogens with two attached hydrogens (primary N) is 1. The minimum Gasteiger partial charge on any atom is -0.508 e. The average Bonchev–Trinajstić information content (AvgIpc) is 3.15. The molecule has 0 radical (unpaired) electrons. The number of thiazole rings is 1. The number of primary amides is 1. The lowest BCUT2D eigenvalue weighted by molar-refractivity contribution is -0.130. The summed E-state index contributed by atoms with van der Waals surface area (Å²) in [6.45, 7) is 1.36. The summed E-state index contributed by atoms with van der Waals surface area (Å²) in [4.78, 5) is 50.4. The van der Waals surface area contributed by atoms with Crippen LogP contribution in [0, 0.1) is 0 Å². The number of aromatic hydroxyl groups is 1. The summed E-state index contributed by atoms with van der Waals surface area (Å²) in [5.41, 5.74) is 6.06. The van der Waals surface area contributed by atoms with Crippen molar-refractivity contribution in [3.05, 3.63) is 41.0 Å². The summed E-state index contributed by atoms with van der Waals surface area (Å²) < 4.78 is 0. The Labute approximate surface area is 170 Å². The van der Waals surface area contributed by atoms with Gasteiger partial charge >= 0.3 is 0 Å². The number of benzene rings is 1. The highest BCUT2D eigenvalue weighted by molar-refractivity contribution is 7.17. The second kappa shape index (κ2) is 10.2. The van der Waals surface area contributed by atoms with Crippen molar-refractivity contribution < 1.29 is 24.3 Å². The molecular weight excluding hydrogens is 398 g/mol. The molecular formula is C18H21N5O5S. The van der Waals surface area contributed by atoms with Gasteiger partial charge in [0.1, 0.15) is 22.8 Å². The van der Waals surface area contributed by atoms with Crippen LogP contribution in [0.4, 0.5) is 5.00 Å². The molecule has 0 fully saturated rings. The number of nitrogens with one attached hydrogen (secondary N) is 3. The fourth-order valence-corrected chi connectivity index (χ4v) is 2.97. The summed E-state index contributed by atoms with van der Waals surface area (Å²) in [6, 6.07) is 4.29. The third kappa shape index (κ3) is 6.88. The molecule has 1 aromatic heterocycles. The highest BCUT2D eigenvalue weighted by Gasteiger charge is 2.23. The number of aldehydes is 1. The second-order valence-electron chi connectivity index (χ2n) is 6.16. The lowest BCUT2D eigenvalue weighted by Crippen LogP contribution is -2.53. The molecule has 6 N–H and O–H groups in total. The molecule has 0 saturated carbocycles. The Morgan fingerprint density at radius 2 is 1.93 bits per heavy atom. The quantitative estimate of drug-likeness (QED) is 0.333. The first kappa shape index (κ1) is 21.8. The zero-order chi connectivity index (χ0) is 21.4. The van der Waals surface area contributed by atoms with E-state index in [2.05, 4.69) is 20.9 Å². The first-order chi connectivity index (χ1) is 13.8. The SMILES string of the molecule is C[C@H](NC(=O)CNc1cnc(C=O)s1)C(=O)N[C@@H](Cc1ccc(O)cc1)C(N)=O. The number of nitrogens with zero attached hydrogens (tertiary/aromatic N) is 1. The van der Waals surface area contributed by atoms with Crippen LogP contribution in [0.5, 0.6) is 5.75 Å². The van der Waals surface area contributed by atoms with Gasteiger partial charge in [0.15, 0.2) is 11.3 Å². The first-order valence-corrected chi connectivity index (χ1v) is 9.42. The predicted molar refractivity (Wildman–Crippen MR) is 107 cm³/mol. The molecule has 1 aromatic carbocycles. The van der Waals surface area contributed by atoms with Gasteiger partial charge in [-0.15, -0.1) is 0 Å². The van der Waals surface area contributed by atoms with Crippen LogP contribution in [-0.4, -0.2) is 52.7 Å². The first-order valence-electron chi connectivity index (χ1n) is 8.60. The summed E-state index contributed by atoms with van der Waals surface area (Å²) >= 11 is 1.10. The summed E-state index contributed by atoms with van der Waals surface area (Å²) in [7, 11) is 0. The Balaban J connectivity index is 1.84. The van der Waals surface area contributed by atoms with E-state index in [9.17, 15) is 24.3 Å². The fourth-order valence-electron chi connectivity index (χ4n) is 2.34. The topological polar surface area (TPSA) is 164 Å². The molecule has 29 heavy (non-hydrogen) atoms. The molecule has 2 rings (SSSR count). The Morgan fingerprint density at radius 3 is 2.52 bits per heavy atom. The number of hydrogen-bond acceptors (Lipinski definition) is 8. The van der Waals surface area contributed by atoms with Crippen molar-refractivity contribution in [1.29, 1.82) is 0 Å².